The molecule has 4 aromatic carbocycles. The van der Waals surface area contributed by atoms with Crippen LogP contribution in [0.4, 0.5) is 0 Å². The van der Waals surface area contributed by atoms with Crippen LogP contribution < -0.4 is 0 Å². The minimum absolute atomic E-state index is 0. The molecule has 0 aliphatic carbocycles. The molecule has 1 radical (unpaired) electrons. The second-order valence-corrected chi connectivity index (χ2v) is 5.46. The van der Waals surface area contributed by atoms with E-state index in [1.165, 1.54) is 22.3 Å². The Labute approximate surface area is 177 Å². The van der Waals surface area contributed by atoms with Gasteiger partial charge in [0.1, 0.15) is 0 Å². The van der Waals surface area contributed by atoms with Gasteiger partial charge in [-0.3, -0.25) is 0 Å². The van der Waals surface area contributed by atoms with Gasteiger partial charge in [0.15, 0.2) is 0 Å². The van der Waals surface area contributed by atoms with Gasteiger partial charge in [-0.05, 0) is 22.3 Å². The maximum Gasteiger partial charge on any atom is 3.00 e. The Morgan fingerprint density at radius 1 is 0.250 bits per heavy atom. The Bertz CT molecular complexity index is 690. The van der Waals surface area contributed by atoms with Crippen molar-refractivity contribution in [2.45, 2.75) is 0 Å². The molecule has 0 bridgehead atoms. The van der Waals surface area contributed by atoms with Crippen molar-refractivity contribution in [2.75, 3.05) is 0 Å². The van der Waals surface area contributed by atoms with Crippen molar-refractivity contribution < 1.29 is 33.8 Å². The predicted octanol–water partition coefficient (Wildman–Crippen LogP) is 6.17. The number of benzene rings is 4. The summed E-state index contributed by atoms with van der Waals surface area (Å²) in [5.74, 6) is 0. The molecule has 0 unspecified atom stereocenters. The zero-order valence-corrected chi connectivity index (χ0v) is 16.6. The van der Waals surface area contributed by atoms with E-state index in [9.17, 15) is 0 Å². The van der Waals surface area contributed by atoms with Crippen LogP contribution in [0.3, 0.4) is 0 Å². The van der Waals surface area contributed by atoms with Crippen LogP contribution >= 0.6 is 0 Å². The van der Waals surface area contributed by atoms with Crippen LogP contribution in [0.15, 0.2) is 121 Å². The van der Waals surface area contributed by atoms with Crippen LogP contribution in [-0.2, 0) is 17.4 Å². The van der Waals surface area contributed by atoms with Gasteiger partial charge in [-0.2, -0.15) is 0 Å². The Kier molecular flexibility index (Phi) is 15.1. The van der Waals surface area contributed by atoms with E-state index in [2.05, 4.69) is 97.1 Å². The summed E-state index contributed by atoms with van der Waals surface area (Å²) in [7, 11) is 0. The molecule has 4 heteroatoms. The minimum atomic E-state index is 0. The molecule has 0 amide bonds. The molecule has 3 N–H and O–H groups in total. The van der Waals surface area contributed by atoms with Crippen LogP contribution in [0.25, 0.3) is 22.3 Å². The third-order valence-electron chi connectivity index (χ3n) is 3.76. The molecule has 0 aliphatic rings. The first-order valence-corrected chi connectivity index (χ1v) is 8.14. The summed E-state index contributed by atoms with van der Waals surface area (Å²) in [6.07, 6.45) is 0. The molecule has 3 nitrogen and oxygen atoms in total. The third kappa shape index (κ3) is 8.32. The molecule has 0 heterocycles. The minimum Gasteiger partial charge on any atom is -0.870 e. The summed E-state index contributed by atoms with van der Waals surface area (Å²) in [5, 5.41) is 0. The maximum absolute atomic E-state index is 2.12. The molecular formula is C24H23CrO3. The first kappa shape index (κ1) is 27.5. The molecular weight excluding hydrogens is 388 g/mol. The van der Waals surface area contributed by atoms with Crippen molar-refractivity contribution in [2.24, 2.45) is 0 Å². The van der Waals surface area contributed by atoms with Gasteiger partial charge in [0.25, 0.3) is 0 Å². The van der Waals surface area contributed by atoms with Crippen molar-refractivity contribution in [3.8, 4) is 22.3 Å². The van der Waals surface area contributed by atoms with E-state index in [0.29, 0.717) is 0 Å². The SMILES string of the molecule is [Cr+3].[OH-].[OH-].[OH-].c1ccc(-c2ccccc2)cc1.c1ccc(-c2ccccc2)cc1. The van der Waals surface area contributed by atoms with Crippen LogP contribution in [0, 0.1) is 0 Å². The molecule has 28 heavy (non-hydrogen) atoms. The largest absolute Gasteiger partial charge is 3.00 e. The summed E-state index contributed by atoms with van der Waals surface area (Å²) in [4.78, 5) is 0. The van der Waals surface area contributed by atoms with E-state index in [-0.39, 0.29) is 33.8 Å². The van der Waals surface area contributed by atoms with Crippen LogP contribution in [0.5, 0.6) is 0 Å². The van der Waals surface area contributed by atoms with Crippen molar-refractivity contribution in [3.63, 3.8) is 0 Å². The average molecular weight is 411 g/mol. The van der Waals surface area contributed by atoms with Crippen molar-refractivity contribution in [3.05, 3.63) is 121 Å². The summed E-state index contributed by atoms with van der Waals surface area (Å²) < 4.78 is 0. The normalized spacial score (nSPS) is 8.29. The fourth-order valence-electron chi connectivity index (χ4n) is 2.52. The Hall–Kier alpha value is -2.71. The van der Waals surface area contributed by atoms with Crippen molar-refractivity contribution >= 4 is 0 Å². The molecule has 143 valence electrons. The summed E-state index contributed by atoms with van der Waals surface area (Å²) in [6.45, 7) is 0. The van der Waals surface area contributed by atoms with E-state index < -0.39 is 0 Å². The van der Waals surface area contributed by atoms with E-state index in [1.807, 2.05) is 24.3 Å². The first-order chi connectivity index (χ1) is 11.9. The van der Waals surface area contributed by atoms with Crippen LogP contribution in [0.1, 0.15) is 0 Å². The first-order valence-electron chi connectivity index (χ1n) is 8.14. The topological polar surface area (TPSA) is 90.0 Å². The maximum atomic E-state index is 2.12. The third-order valence-corrected chi connectivity index (χ3v) is 3.76. The standard InChI is InChI=1S/2C12H10.Cr.3H2O/c2*1-3-7-11(8-4-1)12-9-5-2-6-10-12;;;;/h2*1-10H;;3*1H2/q;;+3;;;/p-3. The fourth-order valence-corrected chi connectivity index (χ4v) is 2.52. The van der Waals surface area contributed by atoms with E-state index in [1.54, 1.807) is 0 Å². The molecule has 0 saturated heterocycles. The quantitative estimate of drug-likeness (QED) is 0.395. The van der Waals surface area contributed by atoms with Crippen molar-refractivity contribution in [1.29, 1.82) is 0 Å². The van der Waals surface area contributed by atoms with Crippen LogP contribution in [0.2, 0.25) is 0 Å². The Morgan fingerprint density at radius 2 is 0.393 bits per heavy atom. The van der Waals surface area contributed by atoms with Gasteiger partial charge in [-0.1, -0.05) is 121 Å². The van der Waals surface area contributed by atoms with Gasteiger partial charge in [0.05, 0.1) is 0 Å². The Morgan fingerprint density at radius 3 is 0.536 bits per heavy atom. The summed E-state index contributed by atoms with van der Waals surface area (Å²) in [5.41, 5.74) is 5.10. The van der Waals surface area contributed by atoms with Crippen molar-refractivity contribution in [1.82, 2.24) is 0 Å². The fraction of sp³-hybridized carbons (Fsp3) is 0. The molecule has 0 atom stereocenters. The molecule has 4 rings (SSSR count). The predicted molar refractivity (Wildman–Crippen MR) is 110 cm³/mol. The smallest absolute Gasteiger partial charge is 0.870 e. The number of hydrogen-bond donors (Lipinski definition) is 0. The molecule has 4 aromatic rings. The molecule has 0 aliphatic heterocycles. The van der Waals surface area contributed by atoms with E-state index >= 15 is 0 Å². The van der Waals surface area contributed by atoms with Gasteiger partial charge in [0, 0.05) is 0 Å². The zero-order chi connectivity index (χ0) is 16.5. The van der Waals surface area contributed by atoms with Gasteiger partial charge in [0.2, 0.25) is 0 Å². The second kappa shape index (κ2) is 15.4. The molecule has 0 saturated carbocycles. The summed E-state index contributed by atoms with van der Waals surface area (Å²) >= 11 is 0. The number of hydrogen-bond acceptors (Lipinski definition) is 3. The van der Waals surface area contributed by atoms with Gasteiger partial charge < -0.3 is 16.4 Å². The molecule has 0 spiro atoms. The summed E-state index contributed by atoms with van der Waals surface area (Å²) in [6, 6.07) is 41.6. The van der Waals surface area contributed by atoms with Crippen LogP contribution in [-0.4, -0.2) is 16.4 Å². The van der Waals surface area contributed by atoms with E-state index in [0.717, 1.165) is 0 Å². The molecule has 0 aromatic heterocycles. The second-order valence-electron chi connectivity index (χ2n) is 5.46. The molecule has 0 fully saturated rings. The van der Waals surface area contributed by atoms with Gasteiger partial charge in [-0.15, -0.1) is 0 Å². The number of rotatable bonds is 2. The van der Waals surface area contributed by atoms with Gasteiger partial charge >= 0.3 is 17.4 Å². The Balaban J connectivity index is 0. The monoisotopic (exact) mass is 411 g/mol. The van der Waals surface area contributed by atoms with E-state index in [4.69, 9.17) is 0 Å². The van der Waals surface area contributed by atoms with Gasteiger partial charge in [-0.25, -0.2) is 0 Å². The zero-order valence-electron chi connectivity index (χ0n) is 15.3. The average Bonchev–Trinajstić information content (AvgIpc) is 2.71.